The normalized spacial score (nSPS) is 29.0. The fourth-order valence-corrected chi connectivity index (χ4v) is 8.04. The van der Waals surface area contributed by atoms with Crippen LogP contribution in [0.2, 0.25) is 0 Å². The molecule has 6 atom stereocenters. The number of nitrogens with one attached hydrogen (secondary N) is 1. The Kier molecular flexibility index (Phi) is 9.70. The Hall–Kier alpha value is -0.880. The predicted molar refractivity (Wildman–Crippen MR) is 142 cm³/mol. The molecule has 0 aliphatic carbocycles. The summed E-state index contributed by atoms with van der Waals surface area (Å²) in [6, 6.07) is 8.67. The number of benzene rings is 1. The Morgan fingerprint density at radius 2 is 1.91 bits per heavy atom. The standard InChI is InChI=1S/C23H31N3O4S3.ClH/c1-12-19-18(13(2)27)22(28)26(19)20(23(29)30)21(12)33-17-9-14(25-10-17)11-32-16-5-3-15(4-6-16)31-8-7-24;/h3-6,12-14,17-19,25,27H,7-11,24H2,1-2H3,(H,29,30);1H/t12-,13-,14+,17+,18-,19-;/m1./s1. The number of β-lactam (4-membered cyclic amide) rings is 1. The number of carboxylic acids is 1. The van der Waals surface area contributed by atoms with Crippen LogP contribution in [0.5, 0.6) is 0 Å². The maximum absolute atomic E-state index is 12.5. The van der Waals surface area contributed by atoms with E-state index in [1.165, 1.54) is 14.7 Å². The number of halogens is 1. The number of aliphatic hydroxyl groups excluding tert-OH is 1. The molecule has 1 aromatic rings. The van der Waals surface area contributed by atoms with Gasteiger partial charge in [-0.3, -0.25) is 4.79 Å². The van der Waals surface area contributed by atoms with Gasteiger partial charge in [0.2, 0.25) is 5.91 Å². The summed E-state index contributed by atoms with van der Waals surface area (Å²) in [7, 11) is 0. The van der Waals surface area contributed by atoms with Gasteiger partial charge in [-0.1, -0.05) is 6.92 Å². The lowest BCUT2D eigenvalue weighted by molar-refractivity contribution is -0.163. The van der Waals surface area contributed by atoms with Gasteiger partial charge < -0.3 is 26.2 Å². The Bertz CT molecular complexity index is 931. The molecule has 0 aromatic heterocycles. The van der Waals surface area contributed by atoms with Gasteiger partial charge in [0, 0.05) is 56.5 Å². The number of rotatable bonds is 10. The highest BCUT2D eigenvalue weighted by atomic mass is 35.5. The van der Waals surface area contributed by atoms with Crippen LogP contribution in [0, 0.1) is 11.8 Å². The zero-order chi connectivity index (χ0) is 23.7. The van der Waals surface area contributed by atoms with Crippen LogP contribution in [0.15, 0.2) is 44.7 Å². The van der Waals surface area contributed by atoms with E-state index in [9.17, 15) is 19.8 Å². The van der Waals surface area contributed by atoms with Crippen LogP contribution in [0.4, 0.5) is 0 Å². The van der Waals surface area contributed by atoms with E-state index < -0.39 is 18.0 Å². The Labute approximate surface area is 219 Å². The van der Waals surface area contributed by atoms with E-state index >= 15 is 0 Å². The fraction of sp³-hybridized carbons (Fsp3) is 0.565. The molecule has 11 heteroatoms. The molecule has 0 unspecified atom stereocenters. The minimum Gasteiger partial charge on any atom is -0.477 e. The number of aliphatic carboxylic acids is 1. The van der Waals surface area contributed by atoms with Crippen molar-refractivity contribution < 1.29 is 19.8 Å². The van der Waals surface area contributed by atoms with Crippen molar-refractivity contribution in [3.05, 3.63) is 34.9 Å². The highest BCUT2D eigenvalue weighted by molar-refractivity contribution is 8.03. The molecule has 0 radical (unpaired) electrons. The van der Waals surface area contributed by atoms with E-state index in [0.717, 1.165) is 29.4 Å². The molecule has 2 fully saturated rings. The highest BCUT2D eigenvalue weighted by Crippen LogP contribution is 2.51. The van der Waals surface area contributed by atoms with Crippen molar-refractivity contribution in [2.24, 2.45) is 17.6 Å². The summed E-state index contributed by atoms with van der Waals surface area (Å²) in [5.74, 6) is -0.0653. The Balaban J connectivity index is 0.00000324. The number of hydrogen-bond acceptors (Lipinski definition) is 8. The van der Waals surface area contributed by atoms with Gasteiger partial charge >= 0.3 is 5.97 Å². The number of carboxylic acid groups (broad SMARTS) is 1. The van der Waals surface area contributed by atoms with Gasteiger partial charge in [0.1, 0.15) is 5.70 Å². The SMILES string of the molecule is C[C@@H](O)[C@H]1C(=O)N2C(C(=O)O)=C(S[C@@H]3CN[C@H](CSc4ccc(SCCN)cc4)C3)[C@H](C)[C@H]12.Cl. The molecule has 0 bridgehead atoms. The monoisotopic (exact) mass is 545 g/mol. The van der Waals surface area contributed by atoms with Crippen LogP contribution < -0.4 is 11.1 Å². The first kappa shape index (κ1) is 27.7. The van der Waals surface area contributed by atoms with E-state index in [-0.39, 0.29) is 41.2 Å². The van der Waals surface area contributed by atoms with Crippen molar-refractivity contribution in [3.8, 4) is 0 Å². The maximum Gasteiger partial charge on any atom is 0.353 e. The molecule has 3 aliphatic heterocycles. The number of carbonyl (C=O) groups is 2. The number of thioether (sulfide) groups is 3. The Morgan fingerprint density at radius 3 is 2.50 bits per heavy atom. The predicted octanol–water partition coefficient (Wildman–Crippen LogP) is 2.87. The maximum atomic E-state index is 12.5. The van der Waals surface area contributed by atoms with Gasteiger partial charge in [-0.05, 0) is 37.6 Å². The quantitative estimate of drug-likeness (QED) is 0.260. The second kappa shape index (κ2) is 11.9. The first-order valence-corrected chi connectivity index (χ1v) is 14.1. The largest absolute Gasteiger partial charge is 0.477 e. The molecule has 7 nitrogen and oxygen atoms in total. The molecular weight excluding hydrogens is 514 g/mol. The van der Waals surface area contributed by atoms with Gasteiger partial charge in [0.15, 0.2) is 0 Å². The molecule has 1 aromatic carbocycles. The van der Waals surface area contributed by atoms with Crippen molar-refractivity contribution in [2.45, 2.75) is 53.5 Å². The molecule has 188 valence electrons. The third kappa shape index (κ3) is 5.58. The lowest BCUT2D eigenvalue weighted by Gasteiger charge is -2.46. The summed E-state index contributed by atoms with van der Waals surface area (Å²) in [5.41, 5.74) is 5.68. The van der Waals surface area contributed by atoms with Gasteiger partial charge in [0.05, 0.1) is 18.1 Å². The molecule has 3 aliphatic rings. The van der Waals surface area contributed by atoms with Crippen LogP contribution in [0.3, 0.4) is 0 Å². The molecule has 0 saturated carbocycles. The lowest BCUT2D eigenvalue weighted by atomic mass is 9.79. The zero-order valence-corrected chi connectivity index (χ0v) is 22.4. The van der Waals surface area contributed by atoms with Crippen molar-refractivity contribution in [2.75, 3.05) is 24.6 Å². The van der Waals surface area contributed by atoms with Gasteiger partial charge in [-0.15, -0.1) is 47.7 Å². The van der Waals surface area contributed by atoms with Gasteiger partial charge in [0.25, 0.3) is 0 Å². The summed E-state index contributed by atoms with van der Waals surface area (Å²) < 4.78 is 0. The average molecular weight is 546 g/mol. The van der Waals surface area contributed by atoms with Crippen molar-refractivity contribution in [1.29, 1.82) is 0 Å². The Morgan fingerprint density at radius 1 is 1.26 bits per heavy atom. The number of amides is 1. The molecule has 4 rings (SSSR count). The summed E-state index contributed by atoms with van der Waals surface area (Å²) >= 11 is 5.18. The number of carbonyl (C=O) groups excluding carboxylic acids is 1. The third-order valence-corrected chi connectivity index (χ3v) is 10.2. The minimum absolute atomic E-state index is 0. The van der Waals surface area contributed by atoms with E-state index in [0.29, 0.717) is 12.6 Å². The minimum atomic E-state index is -1.06. The fourth-order valence-electron chi connectivity index (χ4n) is 4.86. The number of nitrogens with zero attached hydrogens (tertiary/aromatic N) is 1. The molecule has 0 spiro atoms. The highest BCUT2D eigenvalue weighted by Gasteiger charge is 2.60. The number of hydrogen-bond donors (Lipinski definition) is 4. The van der Waals surface area contributed by atoms with Crippen LogP contribution >= 0.6 is 47.7 Å². The van der Waals surface area contributed by atoms with Gasteiger partial charge in [-0.2, -0.15) is 0 Å². The van der Waals surface area contributed by atoms with Crippen LogP contribution in [0.25, 0.3) is 0 Å². The zero-order valence-electron chi connectivity index (χ0n) is 19.2. The summed E-state index contributed by atoms with van der Waals surface area (Å²) in [6.07, 6.45) is 0.174. The molecule has 2 saturated heterocycles. The smallest absolute Gasteiger partial charge is 0.353 e. The number of nitrogens with two attached hydrogens (primary N) is 1. The van der Waals surface area contributed by atoms with E-state index in [1.54, 1.807) is 30.4 Å². The molecule has 3 heterocycles. The molecule has 5 N–H and O–H groups in total. The average Bonchev–Trinajstić information content (AvgIpc) is 3.32. The first-order chi connectivity index (χ1) is 15.8. The van der Waals surface area contributed by atoms with E-state index in [2.05, 4.69) is 29.6 Å². The molecule has 1 amide bonds. The van der Waals surface area contributed by atoms with E-state index in [4.69, 9.17) is 5.73 Å². The summed E-state index contributed by atoms with van der Waals surface area (Å²) in [5, 5.41) is 23.7. The van der Waals surface area contributed by atoms with Gasteiger partial charge in [-0.25, -0.2) is 4.79 Å². The van der Waals surface area contributed by atoms with Crippen molar-refractivity contribution in [1.82, 2.24) is 10.2 Å². The summed E-state index contributed by atoms with van der Waals surface area (Å²) in [4.78, 5) is 29.1. The molecule has 34 heavy (non-hydrogen) atoms. The molecular formula is C23H32ClN3O4S3. The van der Waals surface area contributed by atoms with Crippen LogP contribution in [-0.2, 0) is 9.59 Å². The van der Waals surface area contributed by atoms with Crippen LogP contribution in [0.1, 0.15) is 20.3 Å². The summed E-state index contributed by atoms with van der Waals surface area (Å²) in [6.45, 7) is 5.07. The second-order valence-electron chi connectivity index (χ2n) is 8.77. The first-order valence-electron chi connectivity index (χ1n) is 11.3. The number of aliphatic hydroxyl groups is 1. The topological polar surface area (TPSA) is 116 Å². The van der Waals surface area contributed by atoms with Crippen LogP contribution in [-0.4, -0.2) is 75.0 Å². The lowest BCUT2D eigenvalue weighted by Crippen LogP contribution is -2.63. The van der Waals surface area contributed by atoms with E-state index in [1.807, 2.05) is 18.7 Å². The second-order valence-corrected chi connectivity index (χ2v) is 12.4. The number of fused-ring (bicyclic) bond motifs is 1. The van der Waals surface area contributed by atoms with Crippen molar-refractivity contribution >= 4 is 59.6 Å². The van der Waals surface area contributed by atoms with Crippen molar-refractivity contribution in [3.63, 3.8) is 0 Å². The third-order valence-electron chi connectivity index (χ3n) is 6.45.